The maximum Gasteiger partial charge on any atom is 0.416 e. The second-order valence-electron chi connectivity index (χ2n) is 9.38. The van der Waals surface area contributed by atoms with Gasteiger partial charge in [0.25, 0.3) is 10.0 Å². The molecule has 0 saturated heterocycles. The van der Waals surface area contributed by atoms with Crippen molar-refractivity contribution >= 4 is 27.2 Å². The van der Waals surface area contributed by atoms with Gasteiger partial charge in [0.05, 0.1) is 35.2 Å². The molecule has 1 aliphatic heterocycles. The number of nitrogens with zero attached hydrogens (tertiary/aromatic N) is 1. The number of carbonyl (C=O) groups excluding carboxylic acids is 1. The number of hydrogen-bond acceptors (Lipinski definition) is 5. The molecule has 1 aliphatic rings. The van der Waals surface area contributed by atoms with Crippen LogP contribution in [0, 0.1) is 0 Å². The van der Waals surface area contributed by atoms with E-state index in [4.69, 9.17) is 9.73 Å². The second kappa shape index (κ2) is 9.66. The lowest BCUT2D eigenvalue weighted by Crippen LogP contribution is -2.30. The molecular weight excluding hydrogens is 505 g/mol. The van der Waals surface area contributed by atoms with Crippen LogP contribution < -0.4 is 9.46 Å². The minimum absolute atomic E-state index is 0.0558. The number of methoxy groups -OCH3 is 1. The molecule has 0 saturated carbocycles. The van der Waals surface area contributed by atoms with Gasteiger partial charge in [0.15, 0.2) is 5.78 Å². The van der Waals surface area contributed by atoms with Crippen LogP contribution in [-0.4, -0.2) is 32.6 Å². The van der Waals surface area contributed by atoms with Gasteiger partial charge in [-0.15, -0.1) is 0 Å². The average Bonchev–Trinajstić information content (AvgIpc) is 2.83. The van der Waals surface area contributed by atoms with Crippen LogP contribution in [-0.2, 0) is 22.6 Å². The summed E-state index contributed by atoms with van der Waals surface area (Å²) in [5.74, 6) is 0.477. The first-order valence-electron chi connectivity index (χ1n) is 11.4. The van der Waals surface area contributed by atoms with Gasteiger partial charge in [-0.2, -0.15) is 13.2 Å². The number of ketones is 1. The third-order valence-electron chi connectivity index (χ3n) is 5.97. The lowest BCUT2D eigenvalue weighted by molar-refractivity contribution is -0.137. The molecule has 0 spiro atoms. The molecule has 0 bridgehead atoms. The van der Waals surface area contributed by atoms with Crippen LogP contribution in [0.25, 0.3) is 0 Å². The Balaban J connectivity index is 1.50. The maximum absolute atomic E-state index is 13.1. The van der Waals surface area contributed by atoms with Crippen molar-refractivity contribution in [1.29, 1.82) is 0 Å². The minimum Gasteiger partial charge on any atom is -0.497 e. The van der Waals surface area contributed by atoms with Crippen LogP contribution in [0.4, 0.5) is 18.9 Å². The number of carbonyl (C=O) groups is 1. The molecule has 4 rings (SSSR count). The van der Waals surface area contributed by atoms with Gasteiger partial charge in [-0.05, 0) is 86.5 Å². The second-order valence-corrected chi connectivity index (χ2v) is 11.1. The van der Waals surface area contributed by atoms with Gasteiger partial charge in [-0.3, -0.25) is 14.5 Å². The van der Waals surface area contributed by atoms with E-state index in [9.17, 15) is 26.4 Å². The quantitative estimate of drug-likeness (QED) is 0.385. The van der Waals surface area contributed by atoms with E-state index in [1.165, 1.54) is 24.3 Å². The molecule has 0 fully saturated rings. The molecule has 0 aliphatic carbocycles. The van der Waals surface area contributed by atoms with E-state index in [0.29, 0.717) is 29.2 Å². The third-order valence-corrected chi connectivity index (χ3v) is 7.36. The zero-order valence-electron chi connectivity index (χ0n) is 20.4. The van der Waals surface area contributed by atoms with E-state index in [0.717, 1.165) is 29.7 Å². The fourth-order valence-electron chi connectivity index (χ4n) is 4.19. The fraction of sp³-hybridized carbons (Fsp3) is 0.259. The number of nitrogens with one attached hydrogen (secondary N) is 1. The summed E-state index contributed by atoms with van der Waals surface area (Å²) < 4.78 is 71.1. The van der Waals surface area contributed by atoms with E-state index in [1.807, 2.05) is 32.0 Å². The molecule has 10 heteroatoms. The highest BCUT2D eigenvalue weighted by Crippen LogP contribution is 2.32. The van der Waals surface area contributed by atoms with E-state index in [1.54, 1.807) is 7.11 Å². The van der Waals surface area contributed by atoms with Crippen molar-refractivity contribution < 1.29 is 31.1 Å². The Labute approximate surface area is 213 Å². The molecule has 37 heavy (non-hydrogen) atoms. The third kappa shape index (κ3) is 6.02. The number of hydrogen-bond donors (Lipinski definition) is 1. The van der Waals surface area contributed by atoms with Gasteiger partial charge in [0.2, 0.25) is 0 Å². The molecule has 6 nitrogen and oxygen atoms in total. The molecule has 0 radical (unpaired) electrons. The van der Waals surface area contributed by atoms with E-state index >= 15 is 0 Å². The van der Waals surface area contributed by atoms with E-state index in [2.05, 4.69) is 4.72 Å². The number of Topliss-reactive ketones (excluding diaryl/α,β-unsaturated/α-hetero) is 1. The first-order chi connectivity index (χ1) is 17.3. The van der Waals surface area contributed by atoms with Crippen LogP contribution in [0.1, 0.15) is 47.3 Å². The number of alkyl halides is 3. The summed E-state index contributed by atoms with van der Waals surface area (Å²) in [6.07, 6.45) is -3.77. The first-order valence-corrected chi connectivity index (χ1v) is 12.9. The van der Waals surface area contributed by atoms with Crippen LogP contribution in [0.5, 0.6) is 5.75 Å². The van der Waals surface area contributed by atoms with Crippen molar-refractivity contribution in [1.82, 2.24) is 0 Å². The Morgan fingerprint density at radius 2 is 1.68 bits per heavy atom. The Morgan fingerprint density at radius 3 is 2.27 bits per heavy atom. The Morgan fingerprint density at radius 1 is 1.03 bits per heavy atom. The minimum atomic E-state index is -4.56. The zero-order valence-corrected chi connectivity index (χ0v) is 21.2. The van der Waals surface area contributed by atoms with Gasteiger partial charge in [-0.1, -0.05) is 6.07 Å². The summed E-state index contributed by atoms with van der Waals surface area (Å²) in [7, 11) is -2.54. The lowest BCUT2D eigenvalue weighted by Gasteiger charge is -2.29. The summed E-state index contributed by atoms with van der Waals surface area (Å²) in [6, 6.07) is 14.8. The average molecular weight is 531 g/mol. The van der Waals surface area contributed by atoms with Gasteiger partial charge in [0, 0.05) is 16.8 Å². The van der Waals surface area contributed by atoms with Gasteiger partial charge in [0.1, 0.15) is 5.75 Å². The molecule has 194 valence electrons. The summed E-state index contributed by atoms with van der Waals surface area (Å²) in [6.45, 7) is 4.00. The Hall–Kier alpha value is -3.66. The molecular formula is C27H25F3N2O4S. The number of sulfonamides is 1. The van der Waals surface area contributed by atoms with Crippen LogP contribution >= 0.6 is 0 Å². The summed E-state index contributed by atoms with van der Waals surface area (Å²) in [4.78, 5) is 17.6. The highest BCUT2D eigenvalue weighted by Gasteiger charge is 2.31. The number of ether oxygens (including phenoxy) is 1. The van der Waals surface area contributed by atoms with Crippen LogP contribution in [0.3, 0.4) is 0 Å². The zero-order chi connectivity index (χ0) is 27.0. The molecule has 0 unspecified atom stereocenters. The lowest BCUT2D eigenvalue weighted by atomic mass is 9.85. The van der Waals surface area contributed by atoms with Gasteiger partial charge in [-0.25, -0.2) is 8.42 Å². The molecule has 0 atom stereocenters. The van der Waals surface area contributed by atoms with Crippen LogP contribution in [0.15, 0.2) is 76.6 Å². The number of aliphatic imine (C=N–C) groups is 1. The summed E-state index contributed by atoms with van der Waals surface area (Å²) in [5.41, 5.74) is 1.83. The molecule has 1 N–H and O–H groups in total. The normalized spacial score (nSPS) is 14.9. The topological polar surface area (TPSA) is 84.8 Å². The van der Waals surface area contributed by atoms with Crippen molar-refractivity contribution in [2.75, 3.05) is 11.8 Å². The number of benzene rings is 3. The van der Waals surface area contributed by atoms with Crippen molar-refractivity contribution in [2.45, 2.75) is 43.3 Å². The van der Waals surface area contributed by atoms with E-state index < -0.39 is 21.8 Å². The molecule has 3 aromatic rings. The molecule has 0 amide bonds. The Kier molecular flexibility index (Phi) is 6.89. The highest BCUT2D eigenvalue weighted by molar-refractivity contribution is 7.92. The number of halogens is 3. The standard InChI is InChI=1S/C27H25F3N2O4S/c1-26(2)16-18-6-11-21(36-3)14-23(18)24(31-26)15-25(33)17-4-9-20(10-5-17)32-37(34,35)22-12-7-19(8-13-22)27(28,29)30/h4-14,32H,15-16H2,1-3H3. The molecule has 0 aromatic heterocycles. The van der Waals surface area contributed by atoms with E-state index in [-0.39, 0.29) is 28.3 Å². The predicted molar refractivity (Wildman–Crippen MR) is 135 cm³/mol. The molecule has 1 heterocycles. The van der Waals surface area contributed by atoms with Crippen LogP contribution in [0.2, 0.25) is 0 Å². The smallest absolute Gasteiger partial charge is 0.416 e. The van der Waals surface area contributed by atoms with Gasteiger partial charge < -0.3 is 4.74 Å². The molecule has 3 aromatic carbocycles. The Bertz CT molecular complexity index is 1460. The van der Waals surface area contributed by atoms with Gasteiger partial charge >= 0.3 is 6.18 Å². The highest BCUT2D eigenvalue weighted by atomic mass is 32.2. The number of fused-ring (bicyclic) bond motifs is 1. The maximum atomic E-state index is 13.1. The SMILES string of the molecule is COc1ccc2c(c1)C(CC(=O)c1ccc(NS(=O)(=O)c3ccc(C(F)(F)F)cc3)cc1)=NC(C)(C)C2. The van der Waals surface area contributed by atoms with Crippen molar-refractivity contribution in [3.63, 3.8) is 0 Å². The predicted octanol–water partition coefficient (Wildman–Crippen LogP) is 5.91. The summed E-state index contributed by atoms with van der Waals surface area (Å²) >= 11 is 0. The van der Waals surface area contributed by atoms with Crippen molar-refractivity contribution in [3.8, 4) is 5.75 Å². The largest absolute Gasteiger partial charge is 0.497 e. The summed E-state index contributed by atoms with van der Waals surface area (Å²) in [5, 5.41) is 0. The number of anilines is 1. The first kappa shape index (κ1) is 26.4. The monoisotopic (exact) mass is 530 g/mol. The van der Waals surface area contributed by atoms with Crippen molar-refractivity contribution in [2.24, 2.45) is 4.99 Å². The van der Waals surface area contributed by atoms with Crippen molar-refractivity contribution in [3.05, 3.63) is 89.0 Å². The number of rotatable bonds is 7. The fourth-order valence-corrected chi connectivity index (χ4v) is 5.25.